The van der Waals surface area contributed by atoms with E-state index in [0.717, 1.165) is 10.0 Å². The number of ether oxygens (including phenoxy) is 2. The third-order valence-electron chi connectivity index (χ3n) is 4.22. The molecule has 30 heavy (non-hydrogen) atoms. The van der Waals surface area contributed by atoms with Gasteiger partial charge in [-0.2, -0.15) is 5.26 Å². The summed E-state index contributed by atoms with van der Waals surface area (Å²) in [7, 11) is 1.57. The van der Waals surface area contributed by atoms with Crippen LogP contribution in [0, 0.1) is 11.3 Å². The number of hydrogen-bond acceptors (Lipinski definition) is 4. The standard InChI is InChI=1S/C24H19BrN2O3/c1-29-22-10-8-21(9-11-22)27-24(28)19(15-26)13-18-14-20(25)7-12-23(18)30-16-17-5-3-2-4-6-17/h2-14H,16H2,1H3,(H,27,28)/b19-13-. The zero-order valence-corrected chi connectivity index (χ0v) is 17.8. The molecule has 5 nitrogen and oxygen atoms in total. The fraction of sp³-hybridized carbons (Fsp3) is 0.0833. The van der Waals surface area contributed by atoms with Crippen molar-refractivity contribution in [2.75, 3.05) is 12.4 Å². The number of methoxy groups -OCH3 is 1. The Labute approximate surface area is 183 Å². The van der Waals surface area contributed by atoms with Crippen molar-refractivity contribution in [2.24, 2.45) is 0 Å². The Kier molecular flexibility index (Phi) is 7.25. The molecule has 0 aliphatic rings. The van der Waals surface area contributed by atoms with Gasteiger partial charge in [-0.1, -0.05) is 46.3 Å². The lowest BCUT2D eigenvalue weighted by Gasteiger charge is -2.11. The van der Waals surface area contributed by atoms with Crippen LogP contribution in [0.2, 0.25) is 0 Å². The Hall–Kier alpha value is -3.56. The number of benzene rings is 3. The first kappa shape index (κ1) is 21.2. The van der Waals surface area contributed by atoms with Gasteiger partial charge in [-0.3, -0.25) is 4.79 Å². The van der Waals surface area contributed by atoms with Gasteiger partial charge in [0.2, 0.25) is 0 Å². The summed E-state index contributed by atoms with van der Waals surface area (Å²) >= 11 is 3.43. The first-order valence-electron chi connectivity index (χ1n) is 9.12. The predicted octanol–water partition coefficient (Wildman–Crippen LogP) is 5.58. The molecule has 3 aromatic carbocycles. The van der Waals surface area contributed by atoms with Gasteiger partial charge in [-0.25, -0.2) is 0 Å². The van der Waals surface area contributed by atoms with Crippen molar-refractivity contribution in [1.29, 1.82) is 5.26 Å². The van der Waals surface area contributed by atoms with E-state index >= 15 is 0 Å². The van der Waals surface area contributed by atoms with E-state index in [4.69, 9.17) is 9.47 Å². The van der Waals surface area contributed by atoms with Crippen molar-refractivity contribution in [2.45, 2.75) is 6.61 Å². The molecule has 3 rings (SSSR count). The number of carbonyl (C=O) groups excluding carboxylic acids is 1. The number of nitriles is 1. The third-order valence-corrected chi connectivity index (χ3v) is 4.72. The fourth-order valence-corrected chi connectivity index (χ4v) is 3.05. The van der Waals surface area contributed by atoms with Gasteiger partial charge < -0.3 is 14.8 Å². The highest BCUT2D eigenvalue weighted by molar-refractivity contribution is 9.10. The Morgan fingerprint density at radius 3 is 2.50 bits per heavy atom. The SMILES string of the molecule is COc1ccc(NC(=O)/C(C#N)=C\c2cc(Br)ccc2OCc2ccccc2)cc1. The van der Waals surface area contributed by atoms with Gasteiger partial charge in [0.1, 0.15) is 29.7 Å². The summed E-state index contributed by atoms with van der Waals surface area (Å²) in [5.74, 6) is 0.752. The molecule has 0 bridgehead atoms. The van der Waals surface area contributed by atoms with E-state index in [1.54, 1.807) is 43.5 Å². The number of amides is 1. The van der Waals surface area contributed by atoms with Gasteiger partial charge in [0.25, 0.3) is 5.91 Å². The zero-order valence-electron chi connectivity index (χ0n) is 16.3. The van der Waals surface area contributed by atoms with Crippen LogP contribution < -0.4 is 14.8 Å². The summed E-state index contributed by atoms with van der Waals surface area (Å²) < 4.78 is 11.8. The van der Waals surface area contributed by atoms with E-state index < -0.39 is 5.91 Å². The monoisotopic (exact) mass is 462 g/mol. The first-order valence-corrected chi connectivity index (χ1v) is 9.92. The second-order valence-electron chi connectivity index (χ2n) is 6.31. The van der Waals surface area contributed by atoms with E-state index in [1.165, 1.54) is 6.08 Å². The molecule has 3 aromatic rings. The Balaban J connectivity index is 1.80. The van der Waals surface area contributed by atoms with E-state index in [1.807, 2.05) is 42.5 Å². The van der Waals surface area contributed by atoms with Crippen LogP contribution in [0.5, 0.6) is 11.5 Å². The van der Waals surface area contributed by atoms with Crippen LogP contribution in [-0.4, -0.2) is 13.0 Å². The number of hydrogen-bond donors (Lipinski definition) is 1. The molecule has 0 spiro atoms. The molecule has 6 heteroatoms. The molecule has 0 fully saturated rings. The van der Waals surface area contributed by atoms with Crippen molar-refractivity contribution in [3.05, 3.63) is 94.0 Å². The molecular formula is C24H19BrN2O3. The number of carbonyl (C=O) groups is 1. The van der Waals surface area contributed by atoms with Gasteiger partial charge in [0.15, 0.2) is 0 Å². The first-order chi connectivity index (χ1) is 14.6. The van der Waals surface area contributed by atoms with Crippen molar-refractivity contribution in [3.8, 4) is 17.6 Å². The minimum absolute atomic E-state index is 0.0338. The summed E-state index contributed by atoms with van der Waals surface area (Å²) in [4.78, 5) is 12.6. The average molecular weight is 463 g/mol. The molecule has 150 valence electrons. The molecule has 0 saturated carbocycles. The second kappa shape index (κ2) is 10.3. The van der Waals surface area contributed by atoms with Crippen LogP contribution in [0.25, 0.3) is 6.08 Å². The lowest BCUT2D eigenvalue weighted by molar-refractivity contribution is -0.112. The predicted molar refractivity (Wildman–Crippen MR) is 120 cm³/mol. The summed E-state index contributed by atoms with van der Waals surface area (Å²) in [6.07, 6.45) is 1.52. The topological polar surface area (TPSA) is 71.3 Å². The molecule has 0 aliphatic carbocycles. The van der Waals surface area contributed by atoms with Gasteiger partial charge in [-0.05, 0) is 54.1 Å². The van der Waals surface area contributed by atoms with Crippen LogP contribution in [-0.2, 0) is 11.4 Å². The Bertz CT molecular complexity index is 1090. The number of halogens is 1. The molecule has 0 heterocycles. The van der Waals surface area contributed by atoms with Crippen LogP contribution in [0.1, 0.15) is 11.1 Å². The summed E-state index contributed by atoms with van der Waals surface area (Å²) in [6, 6.07) is 24.1. The quantitative estimate of drug-likeness (QED) is 0.367. The van der Waals surface area contributed by atoms with E-state index in [-0.39, 0.29) is 5.57 Å². The fourth-order valence-electron chi connectivity index (χ4n) is 2.68. The number of anilines is 1. The van der Waals surface area contributed by atoms with E-state index in [0.29, 0.717) is 29.4 Å². The minimum atomic E-state index is -0.503. The molecule has 0 aromatic heterocycles. The Morgan fingerprint density at radius 1 is 1.10 bits per heavy atom. The number of nitrogens with zero attached hydrogens (tertiary/aromatic N) is 1. The molecule has 1 N–H and O–H groups in total. The van der Waals surface area contributed by atoms with Crippen LogP contribution >= 0.6 is 15.9 Å². The Morgan fingerprint density at radius 2 is 1.83 bits per heavy atom. The van der Waals surface area contributed by atoms with Gasteiger partial charge in [-0.15, -0.1) is 0 Å². The summed E-state index contributed by atoms with van der Waals surface area (Å²) in [5, 5.41) is 12.3. The van der Waals surface area contributed by atoms with Gasteiger partial charge in [0, 0.05) is 15.7 Å². The minimum Gasteiger partial charge on any atom is -0.497 e. The van der Waals surface area contributed by atoms with E-state index in [2.05, 4.69) is 21.2 Å². The van der Waals surface area contributed by atoms with Crippen molar-refractivity contribution in [1.82, 2.24) is 0 Å². The molecule has 0 aliphatic heterocycles. The largest absolute Gasteiger partial charge is 0.497 e. The molecule has 0 radical (unpaired) electrons. The van der Waals surface area contributed by atoms with Gasteiger partial charge >= 0.3 is 0 Å². The molecule has 0 atom stereocenters. The second-order valence-corrected chi connectivity index (χ2v) is 7.22. The number of nitrogens with one attached hydrogen (secondary N) is 1. The highest BCUT2D eigenvalue weighted by Crippen LogP contribution is 2.27. The summed E-state index contributed by atoms with van der Waals surface area (Å²) in [5.41, 5.74) is 2.18. The summed E-state index contributed by atoms with van der Waals surface area (Å²) in [6.45, 7) is 0.378. The van der Waals surface area contributed by atoms with Crippen LogP contribution in [0.15, 0.2) is 82.8 Å². The maximum absolute atomic E-state index is 12.6. The van der Waals surface area contributed by atoms with Crippen LogP contribution in [0.3, 0.4) is 0 Å². The van der Waals surface area contributed by atoms with E-state index in [9.17, 15) is 10.1 Å². The average Bonchev–Trinajstić information content (AvgIpc) is 2.78. The molecule has 0 unspecified atom stereocenters. The van der Waals surface area contributed by atoms with Crippen molar-refractivity contribution in [3.63, 3.8) is 0 Å². The van der Waals surface area contributed by atoms with Gasteiger partial charge in [0.05, 0.1) is 7.11 Å². The lowest BCUT2D eigenvalue weighted by Crippen LogP contribution is -2.13. The highest BCUT2D eigenvalue weighted by atomic mass is 79.9. The molecule has 0 saturated heterocycles. The maximum Gasteiger partial charge on any atom is 0.266 e. The molecular weight excluding hydrogens is 444 g/mol. The molecule has 1 amide bonds. The smallest absolute Gasteiger partial charge is 0.266 e. The highest BCUT2D eigenvalue weighted by Gasteiger charge is 2.12. The normalized spacial score (nSPS) is 10.8. The third kappa shape index (κ3) is 5.72. The van der Waals surface area contributed by atoms with Crippen LogP contribution in [0.4, 0.5) is 5.69 Å². The zero-order chi connectivity index (χ0) is 21.3. The van der Waals surface area contributed by atoms with Crippen molar-refractivity contribution < 1.29 is 14.3 Å². The number of rotatable bonds is 7. The maximum atomic E-state index is 12.6. The lowest BCUT2D eigenvalue weighted by atomic mass is 10.1. The van der Waals surface area contributed by atoms with Crippen molar-refractivity contribution >= 4 is 33.6 Å².